The van der Waals surface area contributed by atoms with Gasteiger partial charge in [-0.25, -0.2) is 4.85 Å². The van der Waals surface area contributed by atoms with Crippen molar-refractivity contribution in [2.24, 2.45) is 0 Å². The summed E-state index contributed by atoms with van der Waals surface area (Å²) in [5.74, 6) is -0.0461. The fourth-order valence-corrected chi connectivity index (χ4v) is 0.688. The molecule has 0 radical (unpaired) electrons. The van der Waals surface area contributed by atoms with E-state index < -0.39 is 0 Å². The number of nitrogens with zero attached hydrogens (tertiary/aromatic N) is 1. The van der Waals surface area contributed by atoms with Crippen molar-refractivity contribution in [1.29, 1.82) is 0 Å². The van der Waals surface area contributed by atoms with Gasteiger partial charge in [-0.2, -0.15) is 0 Å². The minimum absolute atomic E-state index is 0.0461. The first kappa shape index (κ1) is 6.91. The average Bonchev–Trinajstić information content (AvgIpc) is 1.95. The van der Waals surface area contributed by atoms with E-state index in [2.05, 4.69) is 4.85 Å². The molecule has 0 spiro atoms. The summed E-state index contributed by atoms with van der Waals surface area (Å²) >= 11 is 5.48. The predicted octanol–water partition coefficient (Wildman–Crippen LogP) is 2.60. The van der Waals surface area contributed by atoms with Crippen LogP contribution in [0.25, 0.3) is 4.85 Å². The van der Waals surface area contributed by atoms with Crippen molar-refractivity contribution in [3.05, 3.63) is 34.6 Å². The number of aromatic hydroxyl groups is 1. The quantitative estimate of drug-likeness (QED) is 0.570. The standard InChI is InChI=1S/C7H4ClNO/c1-9-5-2-3-6(8)7(10)4-5/h2-4,10H. The van der Waals surface area contributed by atoms with Crippen LogP contribution in [0.5, 0.6) is 5.75 Å². The summed E-state index contributed by atoms with van der Waals surface area (Å²) in [7, 11) is 0. The van der Waals surface area contributed by atoms with Crippen LogP contribution >= 0.6 is 11.6 Å². The third-order valence-electron chi connectivity index (χ3n) is 1.06. The van der Waals surface area contributed by atoms with Gasteiger partial charge in [0.15, 0.2) is 5.69 Å². The van der Waals surface area contributed by atoms with E-state index in [1.807, 2.05) is 0 Å². The summed E-state index contributed by atoms with van der Waals surface area (Å²) in [4.78, 5) is 3.10. The lowest BCUT2D eigenvalue weighted by Gasteiger charge is -1.93. The van der Waals surface area contributed by atoms with E-state index in [0.29, 0.717) is 5.69 Å². The van der Waals surface area contributed by atoms with Crippen LogP contribution in [-0.4, -0.2) is 5.11 Å². The molecule has 0 aromatic heterocycles. The number of halogens is 1. The summed E-state index contributed by atoms with van der Waals surface area (Å²) in [6, 6.07) is 4.37. The van der Waals surface area contributed by atoms with E-state index in [-0.39, 0.29) is 10.8 Å². The fraction of sp³-hybridized carbons (Fsp3) is 0. The molecular weight excluding hydrogens is 150 g/mol. The largest absolute Gasteiger partial charge is 0.508 e. The Morgan fingerprint density at radius 3 is 2.70 bits per heavy atom. The molecular formula is C7H4ClNO. The molecule has 1 N–H and O–H groups in total. The Morgan fingerprint density at radius 1 is 1.50 bits per heavy atom. The van der Waals surface area contributed by atoms with Crippen molar-refractivity contribution in [3.63, 3.8) is 0 Å². The van der Waals surface area contributed by atoms with Gasteiger partial charge in [0.25, 0.3) is 0 Å². The normalized spacial score (nSPS) is 8.80. The Labute approximate surface area is 63.5 Å². The molecule has 0 heterocycles. The van der Waals surface area contributed by atoms with Crippen LogP contribution in [0.15, 0.2) is 18.2 Å². The zero-order chi connectivity index (χ0) is 7.56. The van der Waals surface area contributed by atoms with Crippen LogP contribution in [0.4, 0.5) is 5.69 Å². The molecule has 0 amide bonds. The SMILES string of the molecule is [C-]#[N+]c1ccc(Cl)c(O)c1. The highest BCUT2D eigenvalue weighted by Gasteiger charge is 1.97. The molecule has 1 rings (SSSR count). The third kappa shape index (κ3) is 1.20. The van der Waals surface area contributed by atoms with E-state index >= 15 is 0 Å². The highest BCUT2D eigenvalue weighted by atomic mass is 35.5. The Kier molecular flexibility index (Phi) is 1.79. The molecule has 0 unspecified atom stereocenters. The molecule has 0 fully saturated rings. The number of rotatable bonds is 0. The maximum absolute atomic E-state index is 8.96. The number of benzene rings is 1. The first-order valence-corrected chi connectivity index (χ1v) is 2.98. The lowest BCUT2D eigenvalue weighted by Crippen LogP contribution is -1.65. The molecule has 0 saturated heterocycles. The molecule has 3 heteroatoms. The summed E-state index contributed by atoms with van der Waals surface area (Å²) < 4.78 is 0. The second kappa shape index (κ2) is 2.59. The van der Waals surface area contributed by atoms with Gasteiger partial charge in [0.2, 0.25) is 0 Å². The molecule has 0 aliphatic carbocycles. The van der Waals surface area contributed by atoms with Crippen molar-refractivity contribution in [1.82, 2.24) is 0 Å². The number of phenols is 1. The summed E-state index contributed by atoms with van der Waals surface area (Å²) in [5.41, 5.74) is 0.391. The molecule has 10 heavy (non-hydrogen) atoms. The highest BCUT2D eigenvalue weighted by molar-refractivity contribution is 6.32. The van der Waals surface area contributed by atoms with Crippen molar-refractivity contribution >= 4 is 17.3 Å². The topological polar surface area (TPSA) is 24.6 Å². The van der Waals surface area contributed by atoms with Gasteiger partial charge in [0.1, 0.15) is 5.75 Å². The minimum Gasteiger partial charge on any atom is -0.508 e. The number of hydrogen-bond donors (Lipinski definition) is 1. The smallest absolute Gasteiger partial charge is 0.190 e. The molecule has 2 nitrogen and oxygen atoms in total. The molecule has 0 aliphatic heterocycles. The van der Waals surface area contributed by atoms with Crippen molar-refractivity contribution in [2.45, 2.75) is 0 Å². The molecule has 50 valence electrons. The van der Waals surface area contributed by atoms with Gasteiger partial charge in [-0.15, -0.1) is 0 Å². The number of hydrogen-bond acceptors (Lipinski definition) is 1. The van der Waals surface area contributed by atoms with Gasteiger partial charge >= 0.3 is 0 Å². The van der Waals surface area contributed by atoms with E-state index in [4.69, 9.17) is 23.3 Å². The van der Waals surface area contributed by atoms with Gasteiger partial charge < -0.3 is 5.11 Å². The Morgan fingerprint density at radius 2 is 2.20 bits per heavy atom. The Balaban J connectivity index is 3.20. The summed E-state index contributed by atoms with van der Waals surface area (Å²) in [6.45, 7) is 6.58. The van der Waals surface area contributed by atoms with Crippen LogP contribution in [0.2, 0.25) is 5.02 Å². The highest BCUT2D eigenvalue weighted by Crippen LogP contribution is 2.27. The third-order valence-corrected chi connectivity index (χ3v) is 1.38. The Hall–Kier alpha value is -1.20. The van der Waals surface area contributed by atoms with E-state index in [1.54, 1.807) is 6.07 Å². The van der Waals surface area contributed by atoms with Crippen LogP contribution in [0, 0.1) is 6.57 Å². The van der Waals surface area contributed by atoms with Crippen LogP contribution < -0.4 is 0 Å². The van der Waals surface area contributed by atoms with E-state index in [1.165, 1.54) is 12.1 Å². The Bertz CT molecular complexity index is 290. The molecule has 0 aliphatic rings. The molecule has 0 bridgehead atoms. The van der Waals surface area contributed by atoms with Crippen molar-refractivity contribution in [3.8, 4) is 5.75 Å². The molecule has 1 aromatic rings. The van der Waals surface area contributed by atoms with Gasteiger partial charge in [-0.1, -0.05) is 23.7 Å². The first-order chi connectivity index (χ1) is 4.74. The minimum atomic E-state index is -0.0461. The zero-order valence-corrected chi connectivity index (χ0v) is 5.76. The van der Waals surface area contributed by atoms with Gasteiger partial charge in [0, 0.05) is 0 Å². The van der Waals surface area contributed by atoms with Gasteiger partial charge in [-0.3, -0.25) is 0 Å². The summed E-state index contributed by atoms with van der Waals surface area (Å²) in [5, 5.41) is 9.23. The van der Waals surface area contributed by atoms with Crippen LogP contribution in [0.3, 0.4) is 0 Å². The van der Waals surface area contributed by atoms with E-state index in [0.717, 1.165) is 0 Å². The number of phenolic OH excluding ortho intramolecular Hbond substituents is 1. The molecule has 0 saturated carbocycles. The van der Waals surface area contributed by atoms with Crippen LogP contribution in [0.1, 0.15) is 0 Å². The monoisotopic (exact) mass is 153 g/mol. The molecule has 1 aromatic carbocycles. The van der Waals surface area contributed by atoms with E-state index in [9.17, 15) is 0 Å². The van der Waals surface area contributed by atoms with Gasteiger partial charge in [-0.05, 0) is 6.07 Å². The molecule has 0 atom stereocenters. The predicted molar refractivity (Wildman–Crippen MR) is 39.4 cm³/mol. The second-order valence-electron chi connectivity index (χ2n) is 1.75. The van der Waals surface area contributed by atoms with Crippen molar-refractivity contribution in [2.75, 3.05) is 0 Å². The lowest BCUT2D eigenvalue weighted by atomic mass is 10.3. The maximum Gasteiger partial charge on any atom is 0.190 e. The van der Waals surface area contributed by atoms with Gasteiger partial charge in [0.05, 0.1) is 11.6 Å². The average molecular weight is 154 g/mol. The summed E-state index contributed by atoms with van der Waals surface area (Å²) in [6.07, 6.45) is 0. The lowest BCUT2D eigenvalue weighted by molar-refractivity contribution is 0.476. The second-order valence-corrected chi connectivity index (χ2v) is 2.15. The zero-order valence-electron chi connectivity index (χ0n) is 5.00. The first-order valence-electron chi connectivity index (χ1n) is 2.60. The maximum atomic E-state index is 8.96. The fourth-order valence-electron chi connectivity index (χ4n) is 0.571. The van der Waals surface area contributed by atoms with Crippen molar-refractivity contribution < 1.29 is 5.11 Å². The van der Waals surface area contributed by atoms with Crippen LogP contribution in [-0.2, 0) is 0 Å².